The standard InChI is InChI=1S/C27H20N2O6S/c1-15-10-12-17(13-11-15)36(33,34)29-19-9-5-8-18-22(19)27(32)24-23(26(18)31)20(30)14-21(25(24)28)35-16-6-3-2-4-7-16/h2-14,29-30H,28H2,1H3. The van der Waals surface area contributed by atoms with Gasteiger partial charge in [-0.3, -0.25) is 14.3 Å². The van der Waals surface area contributed by atoms with Gasteiger partial charge in [-0.15, -0.1) is 0 Å². The van der Waals surface area contributed by atoms with E-state index in [1.807, 2.05) is 6.92 Å². The third-order valence-electron chi connectivity index (χ3n) is 5.85. The fourth-order valence-electron chi connectivity index (χ4n) is 4.08. The molecule has 0 heterocycles. The van der Waals surface area contributed by atoms with Crippen LogP contribution in [0.25, 0.3) is 0 Å². The second-order valence-corrected chi connectivity index (χ2v) is 9.96. The van der Waals surface area contributed by atoms with Gasteiger partial charge < -0.3 is 15.6 Å². The van der Waals surface area contributed by atoms with Gasteiger partial charge in [0, 0.05) is 11.6 Å². The van der Waals surface area contributed by atoms with Gasteiger partial charge in [-0.05, 0) is 37.3 Å². The van der Waals surface area contributed by atoms with E-state index in [1.54, 1.807) is 42.5 Å². The number of benzene rings is 4. The van der Waals surface area contributed by atoms with Crippen molar-refractivity contribution in [2.45, 2.75) is 11.8 Å². The molecule has 0 atom stereocenters. The van der Waals surface area contributed by atoms with Crippen molar-refractivity contribution in [3.05, 3.63) is 107 Å². The summed E-state index contributed by atoms with van der Waals surface area (Å²) in [6.45, 7) is 1.83. The zero-order valence-electron chi connectivity index (χ0n) is 19.0. The van der Waals surface area contributed by atoms with Crippen LogP contribution in [0.1, 0.15) is 37.4 Å². The summed E-state index contributed by atoms with van der Waals surface area (Å²) in [4.78, 5) is 27.0. The number of aromatic hydroxyl groups is 1. The summed E-state index contributed by atoms with van der Waals surface area (Å²) < 4.78 is 34.2. The summed E-state index contributed by atoms with van der Waals surface area (Å²) in [6.07, 6.45) is 0. The van der Waals surface area contributed by atoms with Crippen LogP contribution >= 0.6 is 0 Å². The molecular weight excluding hydrogens is 480 g/mol. The number of hydrogen-bond donors (Lipinski definition) is 3. The Morgan fingerprint density at radius 3 is 2.22 bits per heavy atom. The molecule has 4 aromatic rings. The summed E-state index contributed by atoms with van der Waals surface area (Å²) >= 11 is 0. The first-order valence-electron chi connectivity index (χ1n) is 10.9. The molecule has 0 aliphatic heterocycles. The number of nitrogens with one attached hydrogen (secondary N) is 1. The average Bonchev–Trinajstić information content (AvgIpc) is 2.85. The maximum absolute atomic E-state index is 13.7. The largest absolute Gasteiger partial charge is 0.507 e. The molecule has 1 aliphatic carbocycles. The third kappa shape index (κ3) is 3.85. The van der Waals surface area contributed by atoms with E-state index in [0.717, 1.165) is 5.56 Å². The van der Waals surface area contributed by atoms with Gasteiger partial charge in [0.2, 0.25) is 0 Å². The number of anilines is 2. The van der Waals surface area contributed by atoms with Crippen LogP contribution in [0.5, 0.6) is 17.2 Å². The topological polar surface area (TPSA) is 136 Å². The highest BCUT2D eigenvalue weighted by Gasteiger charge is 2.37. The van der Waals surface area contributed by atoms with E-state index in [-0.39, 0.29) is 44.3 Å². The van der Waals surface area contributed by atoms with Crippen molar-refractivity contribution in [2.24, 2.45) is 0 Å². The molecule has 4 aromatic carbocycles. The molecule has 4 N–H and O–H groups in total. The zero-order chi connectivity index (χ0) is 25.6. The van der Waals surface area contributed by atoms with E-state index < -0.39 is 27.3 Å². The molecule has 0 fully saturated rings. The predicted octanol–water partition coefficient (Wildman–Crippen LogP) is 4.65. The van der Waals surface area contributed by atoms with Crippen LogP contribution < -0.4 is 15.2 Å². The zero-order valence-corrected chi connectivity index (χ0v) is 19.8. The molecule has 0 saturated carbocycles. The van der Waals surface area contributed by atoms with E-state index >= 15 is 0 Å². The number of hydrogen-bond acceptors (Lipinski definition) is 7. The molecule has 180 valence electrons. The lowest BCUT2D eigenvalue weighted by Crippen LogP contribution is -2.25. The normalized spacial score (nSPS) is 12.6. The number of carbonyl (C=O) groups is 2. The minimum Gasteiger partial charge on any atom is -0.507 e. The first-order chi connectivity index (χ1) is 17.2. The van der Waals surface area contributed by atoms with Crippen LogP contribution in [-0.2, 0) is 10.0 Å². The highest BCUT2D eigenvalue weighted by atomic mass is 32.2. The minimum absolute atomic E-state index is 0.00334. The lowest BCUT2D eigenvalue weighted by atomic mass is 9.81. The van der Waals surface area contributed by atoms with Crippen LogP contribution in [0, 0.1) is 6.92 Å². The van der Waals surface area contributed by atoms with Crippen molar-refractivity contribution < 1.29 is 27.9 Å². The molecule has 0 aromatic heterocycles. The SMILES string of the molecule is Cc1ccc(S(=O)(=O)Nc2cccc3c2C(=O)c2c(N)c(Oc4ccccc4)cc(O)c2C3=O)cc1. The number of rotatable bonds is 5. The lowest BCUT2D eigenvalue weighted by Gasteiger charge is -2.23. The van der Waals surface area contributed by atoms with Crippen LogP contribution in [0.4, 0.5) is 11.4 Å². The summed E-state index contributed by atoms with van der Waals surface area (Å²) in [5.41, 5.74) is 6.20. The van der Waals surface area contributed by atoms with E-state index in [0.29, 0.717) is 5.75 Å². The number of phenols is 1. The van der Waals surface area contributed by atoms with Gasteiger partial charge in [-0.25, -0.2) is 8.42 Å². The Morgan fingerprint density at radius 2 is 1.53 bits per heavy atom. The van der Waals surface area contributed by atoms with E-state index in [2.05, 4.69) is 4.72 Å². The van der Waals surface area contributed by atoms with Crippen molar-refractivity contribution >= 4 is 33.0 Å². The molecule has 0 spiro atoms. The number of nitrogen functional groups attached to an aromatic ring is 1. The minimum atomic E-state index is -4.07. The van der Waals surface area contributed by atoms with Crippen LogP contribution in [0.3, 0.4) is 0 Å². The number of para-hydroxylation sites is 1. The maximum atomic E-state index is 13.7. The molecule has 0 bridgehead atoms. The summed E-state index contributed by atoms with van der Waals surface area (Å²) in [6, 6.07) is 20.2. The molecule has 8 nitrogen and oxygen atoms in total. The van der Waals surface area contributed by atoms with Crippen LogP contribution in [-0.4, -0.2) is 25.1 Å². The number of nitrogens with two attached hydrogens (primary N) is 1. The quantitative estimate of drug-likeness (QED) is 0.236. The number of ether oxygens (including phenoxy) is 1. The molecule has 36 heavy (non-hydrogen) atoms. The Balaban J connectivity index is 1.61. The monoisotopic (exact) mass is 500 g/mol. The number of aryl methyl sites for hydroxylation is 1. The molecule has 0 unspecified atom stereocenters. The fourth-order valence-corrected chi connectivity index (χ4v) is 5.15. The van der Waals surface area contributed by atoms with E-state index in [4.69, 9.17) is 10.5 Å². The fraction of sp³-hybridized carbons (Fsp3) is 0.0370. The second kappa shape index (κ2) is 8.54. The number of ketones is 2. The summed E-state index contributed by atoms with van der Waals surface area (Å²) in [5, 5.41) is 10.7. The van der Waals surface area contributed by atoms with Gasteiger partial charge >= 0.3 is 0 Å². The smallest absolute Gasteiger partial charge is 0.261 e. The first-order valence-corrected chi connectivity index (χ1v) is 12.4. The van der Waals surface area contributed by atoms with Gasteiger partial charge in [-0.2, -0.15) is 0 Å². The number of carbonyl (C=O) groups excluding carboxylic acids is 2. The first kappa shape index (κ1) is 23.1. The van der Waals surface area contributed by atoms with Crippen molar-refractivity contribution in [3.8, 4) is 17.2 Å². The maximum Gasteiger partial charge on any atom is 0.261 e. The van der Waals surface area contributed by atoms with Crippen molar-refractivity contribution in [1.82, 2.24) is 0 Å². The Bertz CT molecular complexity index is 1650. The molecule has 5 rings (SSSR count). The molecule has 0 saturated heterocycles. The molecule has 0 radical (unpaired) electrons. The van der Waals surface area contributed by atoms with Gasteiger partial charge in [0.15, 0.2) is 17.3 Å². The second-order valence-electron chi connectivity index (χ2n) is 8.28. The Labute approximate surface area is 207 Å². The number of phenolic OH excluding ortho intramolecular Hbond substituents is 1. The van der Waals surface area contributed by atoms with Crippen LogP contribution in [0.2, 0.25) is 0 Å². The number of sulfonamides is 1. The molecular formula is C27H20N2O6S. The highest BCUT2D eigenvalue weighted by Crippen LogP contribution is 2.44. The Kier molecular flexibility index (Phi) is 5.49. The molecule has 9 heteroatoms. The Hall–Kier alpha value is -4.63. The van der Waals surface area contributed by atoms with E-state index in [9.17, 15) is 23.1 Å². The summed E-state index contributed by atoms with van der Waals surface area (Å²) in [5.74, 6) is -1.45. The summed E-state index contributed by atoms with van der Waals surface area (Å²) in [7, 11) is -4.07. The number of fused-ring (bicyclic) bond motifs is 2. The lowest BCUT2D eigenvalue weighted by molar-refractivity contribution is 0.0977. The molecule has 0 amide bonds. The van der Waals surface area contributed by atoms with Crippen molar-refractivity contribution in [2.75, 3.05) is 10.5 Å². The van der Waals surface area contributed by atoms with Gasteiger partial charge in [0.05, 0.1) is 33.0 Å². The van der Waals surface area contributed by atoms with Crippen molar-refractivity contribution in [1.29, 1.82) is 0 Å². The third-order valence-corrected chi connectivity index (χ3v) is 7.23. The van der Waals surface area contributed by atoms with Gasteiger partial charge in [0.25, 0.3) is 10.0 Å². The average molecular weight is 501 g/mol. The molecule has 1 aliphatic rings. The Morgan fingerprint density at radius 1 is 0.833 bits per heavy atom. The van der Waals surface area contributed by atoms with Gasteiger partial charge in [0.1, 0.15) is 11.5 Å². The highest BCUT2D eigenvalue weighted by molar-refractivity contribution is 7.92. The van der Waals surface area contributed by atoms with Crippen LogP contribution in [0.15, 0.2) is 83.8 Å². The van der Waals surface area contributed by atoms with Gasteiger partial charge in [-0.1, -0.05) is 48.0 Å². The van der Waals surface area contributed by atoms with E-state index in [1.165, 1.54) is 36.4 Å². The van der Waals surface area contributed by atoms with Crippen molar-refractivity contribution in [3.63, 3.8) is 0 Å². The predicted molar refractivity (Wildman–Crippen MR) is 134 cm³/mol.